The van der Waals surface area contributed by atoms with Crippen LogP contribution in [0.5, 0.6) is 0 Å². The van der Waals surface area contributed by atoms with Crippen molar-refractivity contribution in [2.45, 2.75) is 39.5 Å². The summed E-state index contributed by atoms with van der Waals surface area (Å²) in [7, 11) is 0. The van der Waals surface area contributed by atoms with Crippen molar-refractivity contribution in [1.82, 2.24) is 10.2 Å². The monoisotopic (exact) mass is 294 g/mol. The van der Waals surface area contributed by atoms with Gasteiger partial charge in [-0.15, -0.1) is 0 Å². The topological polar surface area (TPSA) is 32.3 Å². The number of nitrogens with zero attached hydrogens (tertiary/aromatic N) is 1. The summed E-state index contributed by atoms with van der Waals surface area (Å²) in [6.07, 6.45) is 3.14. The number of amides is 1. The van der Waals surface area contributed by atoms with Gasteiger partial charge in [0.05, 0.1) is 0 Å². The molecule has 1 aromatic carbocycles. The van der Waals surface area contributed by atoms with E-state index in [4.69, 9.17) is 0 Å². The molecular weight excluding hydrogens is 267 g/mol. The second kappa shape index (κ2) is 10.3. The van der Waals surface area contributed by atoms with E-state index in [1.165, 1.54) is 6.07 Å². The van der Waals surface area contributed by atoms with Crippen LogP contribution < -0.4 is 5.32 Å². The first kappa shape index (κ1) is 17.6. The van der Waals surface area contributed by atoms with Crippen LogP contribution in [0, 0.1) is 5.82 Å². The highest BCUT2D eigenvalue weighted by Crippen LogP contribution is 2.06. The largest absolute Gasteiger partial charge is 0.343 e. The smallest absolute Gasteiger partial charge is 0.223 e. The number of carbonyl (C=O) groups excluding carboxylic acids is 1. The van der Waals surface area contributed by atoms with Crippen LogP contribution in [0.2, 0.25) is 0 Å². The fourth-order valence-corrected chi connectivity index (χ4v) is 2.30. The minimum absolute atomic E-state index is 0.160. The SMILES string of the molecule is CCCN(CCC)C(=O)CCNCCc1ccccc1F. The van der Waals surface area contributed by atoms with Gasteiger partial charge in [0.25, 0.3) is 0 Å². The fourth-order valence-electron chi connectivity index (χ4n) is 2.30. The quantitative estimate of drug-likeness (QED) is 0.673. The molecule has 21 heavy (non-hydrogen) atoms. The zero-order valence-corrected chi connectivity index (χ0v) is 13.2. The van der Waals surface area contributed by atoms with E-state index in [1.54, 1.807) is 12.1 Å². The predicted octanol–water partition coefficient (Wildman–Crippen LogP) is 3.00. The second-order valence-corrected chi connectivity index (χ2v) is 5.22. The van der Waals surface area contributed by atoms with E-state index in [0.717, 1.165) is 31.5 Å². The molecule has 0 aliphatic heterocycles. The third-order valence-electron chi connectivity index (χ3n) is 3.38. The molecule has 4 heteroatoms. The van der Waals surface area contributed by atoms with Gasteiger partial charge in [-0.3, -0.25) is 4.79 Å². The van der Waals surface area contributed by atoms with Crippen molar-refractivity contribution in [2.24, 2.45) is 0 Å². The van der Waals surface area contributed by atoms with Crippen LogP contribution in [0.25, 0.3) is 0 Å². The van der Waals surface area contributed by atoms with Crippen LogP contribution in [0.1, 0.15) is 38.7 Å². The van der Waals surface area contributed by atoms with Crippen LogP contribution in [0.3, 0.4) is 0 Å². The van der Waals surface area contributed by atoms with E-state index < -0.39 is 0 Å². The highest BCUT2D eigenvalue weighted by atomic mass is 19.1. The lowest BCUT2D eigenvalue weighted by Gasteiger charge is -2.21. The van der Waals surface area contributed by atoms with Crippen LogP contribution in [-0.2, 0) is 11.2 Å². The highest BCUT2D eigenvalue weighted by molar-refractivity contribution is 5.76. The van der Waals surface area contributed by atoms with E-state index in [9.17, 15) is 9.18 Å². The Bertz CT molecular complexity index is 417. The van der Waals surface area contributed by atoms with E-state index in [2.05, 4.69) is 19.2 Å². The van der Waals surface area contributed by atoms with Crippen molar-refractivity contribution >= 4 is 5.91 Å². The average molecular weight is 294 g/mol. The van der Waals surface area contributed by atoms with Crippen molar-refractivity contribution in [3.05, 3.63) is 35.6 Å². The summed E-state index contributed by atoms with van der Waals surface area (Å²) in [6.45, 7) is 7.18. The molecule has 0 saturated heterocycles. The molecule has 3 nitrogen and oxygen atoms in total. The van der Waals surface area contributed by atoms with Gasteiger partial charge in [-0.2, -0.15) is 0 Å². The Kier molecular flexibility index (Phi) is 8.67. The maximum absolute atomic E-state index is 13.4. The van der Waals surface area contributed by atoms with E-state index in [1.807, 2.05) is 11.0 Å². The van der Waals surface area contributed by atoms with Crippen LogP contribution in [-0.4, -0.2) is 37.0 Å². The number of halogens is 1. The normalized spacial score (nSPS) is 10.6. The Labute approximate surface area is 127 Å². The minimum Gasteiger partial charge on any atom is -0.343 e. The minimum atomic E-state index is -0.160. The first-order chi connectivity index (χ1) is 10.2. The van der Waals surface area contributed by atoms with Crippen molar-refractivity contribution in [1.29, 1.82) is 0 Å². The van der Waals surface area contributed by atoms with Gasteiger partial charge in [-0.25, -0.2) is 4.39 Å². The summed E-state index contributed by atoms with van der Waals surface area (Å²) in [5.41, 5.74) is 0.718. The van der Waals surface area contributed by atoms with Gasteiger partial charge in [0, 0.05) is 26.1 Å². The molecular formula is C17H27FN2O. The maximum Gasteiger partial charge on any atom is 0.223 e. The highest BCUT2D eigenvalue weighted by Gasteiger charge is 2.10. The van der Waals surface area contributed by atoms with Gasteiger partial charge in [0.1, 0.15) is 5.82 Å². The standard InChI is InChI=1S/C17H27FN2O/c1-3-13-20(14-4-2)17(21)10-12-19-11-9-15-7-5-6-8-16(15)18/h5-8,19H,3-4,9-14H2,1-2H3. The number of nitrogens with one attached hydrogen (secondary N) is 1. The molecule has 0 aliphatic rings. The third kappa shape index (κ3) is 6.71. The summed E-state index contributed by atoms with van der Waals surface area (Å²) in [5.74, 6) is 0.0459. The van der Waals surface area contributed by atoms with Gasteiger partial charge in [-0.1, -0.05) is 32.0 Å². The summed E-state index contributed by atoms with van der Waals surface area (Å²) < 4.78 is 13.4. The molecule has 0 aliphatic carbocycles. The Morgan fingerprint density at radius 3 is 2.43 bits per heavy atom. The summed E-state index contributed by atoms with van der Waals surface area (Å²) in [4.78, 5) is 14.0. The molecule has 0 radical (unpaired) electrons. The molecule has 0 heterocycles. The lowest BCUT2D eigenvalue weighted by Crippen LogP contribution is -2.34. The third-order valence-corrected chi connectivity index (χ3v) is 3.38. The zero-order chi connectivity index (χ0) is 15.5. The molecule has 0 aromatic heterocycles. The molecule has 1 amide bonds. The van der Waals surface area contributed by atoms with E-state index >= 15 is 0 Å². The molecule has 1 aromatic rings. The first-order valence-corrected chi connectivity index (χ1v) is 7.90. The van der Waals surface area contributed by atoms with E-state index in [0.29, 0.717) is 25.9 Å². The number of benzene rings is 1. The molecule has 1 N–H and O–H groups in total. The lowest BCUT2D eigenvalue weighted by molar-refractivity contribution is -0.131. The van der Waals surface area contributed by atoms with Crippen molar-refractivity contribution in [2.75, 3.05) is 26.2 Å². The number of carbonyl (C=O) groups is 1. The molecule has 0 bridgehead atoms. The van der Waals surface area contributed by atoms with Gasteiger partial charge >= 0.3 is 0 Å². The Morgan fingerprint density at radius 2 is 1.81 bits per heavy atom. The molecule has 0 fully saturated rings. The fraction of sp³-hybridized carbons (Fsp3) is 0.588. The summed E-state index contributed by atoms with van der Waals surface area (Å²) in [5, 5.41) is 3.22. The Morgan fingerprint density at radius 1 is 1.14 bits per heavy atom. The Hall–Kier alpha value is -1.42. The number of hydrogen-bond donors (Lipinski definition) is 1. The second-order valence-electron chi connectivity index (χ2n) is 5.22. The Balaban J connectivity index is 2.21. The van der Waals surface area contributed by atoms with E-state index in [-0.39, 0.29) is 11.7 Å². The molecule has 0 saturated carbocycles. The number of hydrogen-bond acceptors (Lipinski definition) is 2. The van der Waals surface area contributed by atoms with Crippen molar-refractivity contribution in [3.63, 3.8) is 0 Å². The predicted molar refractivity (Wildman–Crippen MR) is 84.8 cm³/mol. The van der Waals surface area contributed by atoms with Crippen molar-refractivity contribution < 1.29 is 9.18 Å². The van der Waals surface area contributed by atoms with Crippen LogP contribution in [0.4, 0.5) is 4.39 Å². The van der Waals surface area contributed by atoms with Gasteiger partial charge in [-0.05, 0) is 37.4 Å². The molecule has 0 spiro atoms. The van der Waals surface area contributed by atoms with Gasteiger partial charge in [0.15, 0.2) is 0 Å². The number of rotatable bonds is 10. The molecule has 1 rings (SSSR count). The van der Waals surface area contributed by atoms with Crippen LogP contribution >= 0.6 is 0 Å². The lowest BCUT2D eigenvalue weighted by atomic mass is 10.1. The molecule has 118 valence electrons. The first-order valence-electron chi connectivity index (χ1n) is 7.90. The zero-order valence-electron chi connectivity index (χ0n) is 13.2. The average Bonchev–Trinajstić information content (AvgIpc) is 2.48. The van der Waals surface area contributed by atoms with Crippen LogP contribution in [0.15, 0.2) is 24.3 Å². The summed E-state index contributed by atoms with van der Waals surface area (Å²) in [6, 6.07) is 6.81. The maximum atomic E-state index is 13.4. The molecule has 0 atom stereocenters. The van der Waals surface area contributed by atoms with Crippen molar-refractivity contribution in [3.8, 4) is 0 Å². The summed E-state index contributed by atoms with van der Waals surface area (Å²) >= 11 is 0. The molecule has 0 unspecified atom stereocenters. The van der Waals surface area contributed by atoms with Gasteiger partial charge < -0.3 is 10.2 Å². The van der Waals surface area contributed by atoms with Gasteiger partial charge in [0.2, 0.25) is 5.91 Å².